The Labute approximate surface area is 171 Å². The van der Waals surface area contributed by atoms with Gasteiger partial charge in [-0.2, -0.15) is 0 Å². The van der Waals surface area contributed by atoms with Gasteiger partial charge in [0.05, 0.1) is 4.90 Å². The fraction of sp³-hybridized carbons (Fsp3) is 0.318. The molecule has 1 saturated heterocycles. The van der Waals surface area contributed by atoms with E-state index in [9.17, 15) is 13.2 Å². The van der Waals surface area contributed by atoms with E-state index >= 15 is 0 Å². The summed E-state index contributed by atoms with van der Waals surface area (Å²) >= 11 is 0. The third-order valence-electron chi connectivity index (χ3n) is 5.51. The molecule has 1 amide bonds. The molecule has 0 unspecified atom stereocenters. The number of H-pyrrole nitrogens is 1. The number of amides is 1. The summed E-state index contributed by atoms with van der Waals surface area (Å²) in [5, 5.41) is 1.16. The first-order chi connectivity index (χ1) is 14.0. The van der Waals surface area contributed by atoms with Gasteiger partial charge in [0.25, 0.3) is 0 Å². The molecule has 1 aromatic heterocycles. The second-order valence-electron chi connectivity index (χ2n) is 7.45. The zero-order chi connectivity index (χ0) is 20.3. The molecule has 7 heteroatoms. The van der Waals surface area contributed by atoms with E-state index in [1.165, 1.54) is 0 Å². The largest absolute Gasteiger partial charge is 0.361 e. The van der Waals surface area contributed by atoms with Crippen LogP contribution in [-0.4, -0.2) is 43.3 Å². The van der Waals surface area contributed by atoms with E-state index in [1.54, 1.807) is 30.3 Å². The Morgan fingerprint density at radius 1 is 1.03 bits per heavy atom. The van der Waals surface area contributed by atoms with Gasteiger partial charge in [0, 0.05) is 42.7 Å². The lowest BCUT2D eigenvalue weighted by atomic mass is 10.0. The van der Waals surface area contributed by atoms with Gasteiger partial charge in [-0.1, -0.05) is 36.4 Å². The molecule has 3 aromatic rings. The predicted octanol–water partition coefficient (Wildman–Crippen LogP) is 3.07. The highest BCUT2D eigenvalue weighted by Crippen LogP contribution is 2.20. The van der Waals surface area contributed by atoms with Gasteiger partial charge in [0.15, 0.2) is 0 Å². The van der Waals surface area contributed by atoms with Crippen LogP contribution in [0.2, 0.25) is 0 Å². The van der Waals surface area contributed by atoms with Gasteiger partial charge in [0.1, 0.15) is 0 Å². The Morgan fingerprint density at radius 3 is 2.48 bits per heavy atom. The van der Waals surface area contributed by atoms with Crippen molar-refractivity contribution in [1.82, 2.24) is 14.6 Å². The smallest absolute Gasteiger partial charge is 0.240 e. The number of piperidine rings is 1. The van der Waals surface area contributed by atoms with Crippen LogP contribution in [0, 0.1) is 0 Å². The number of para-hydroxylation sites is 1. The third kappa shape index (κ3) is 4.52. The molecule has 1 aliphatic rings. The number of aromatic nitrogens is 1. The number of carbonyl (C=O) groups excluding carboxylic acids is 1. The van der Waals surface area contributed by atoms with E-state index in [1.807, 2.05) is 29.3 Å². The van der Waals surface area contributed by atoms with Crippen molar-refractivity contribution < 1.29 is 13.2 Å². The zero-order valence-electron chi connectivity index (χ0n) is 16.2. The zero-order valence-corrected chi connectivity index (χ0v) is 17.0. The standard InChI is InChI=1S/C22H25N3O3S/c26-22(11-10-17-16-23-21-9-5-4-8-20(17)21)25-14-12-18(13-15-25)24-29(27,28)19-6-2-1-3-7-19/h1-9,16,18,23-24H,10-15H2. The number of hydrogen-bond donors (Lipinski definition) is 2. The molecule has 0 radical (unpaired) electrons. The number of nitrogens with one attached hydrogen (secondary N) is 2. The fourth-order valence-corrected chi connectivity index (χ4v) is 5.20. The van der Waals surface area contributed by atoms with E-state index in [-0.39, 0.29) is 16.8 Å². The Hall–Kier alpha value is -2.64. The van der Waals surface area contributed by atoms with Crippen LogP contribution in [0.25, 0.3) is 10.9 Å². The lowest BCUT2D eigenvalue weighted by Gasteiger charge is -2.32. The summed E-state index contributed by atoms with van der Waals surface area (Å²) in [7, 11) is -3.52. The maximum absolute atomic E-state index is 12.6. The van der Waals surface area contributed by atoms with Crippen LogP contribution in [0.15, 0.2) is 65.7 Å². The van der Waals surface area contributed by atoms with Crippen molar-refractivity contribution in [2.24, 2.45) is 0 Å². The predicted molar refractivity (Wildman–Crippen MR) is 113 cm³/mol. The van der Waals surface area contributed by atoms with E-state index in [0.29, 0.717) is 38.8 Å². The summed E-state index contributed by atoms with van der Waals surface area (Å²) in [6.07, 6.45) is 4.39. The van der Waals surface area contributed by atoms with Crippen LogP contribution in [0.4, 0.5) is 0 Å². The molecule has 0 aliphatic carbocycles. The molecule has 1 aliphatic heterocycles. The Balaban J connectivity index is 1.28. The van der Waals surface area contributed by atoms with Gasteiger partial charge >= 0.3 is 0 Å². The normalized spacial score (nSPS) is 15.7. The van der Waals surface area contributed by atoms with E-state index in [0.717, 1.165) is 16.5 Å². The Morgan fingerprint density at radius 2 is 1.72 bits per heavy atom. The van der Waals surface area contributed by atoms with Crippen LogP contribution in [0.5, 0.6) is 0 Å². The fourth-order valence-electron chi connectivity index (χ4n) is 3.87. The van der Waals surface area contributed by atoms with Crippen LogP contribution < -0.4 is 4.72 Å². The molecule has 0 saturated carbocycles. The van der Waals surface area contributed by atoms with Gasteiger partial charge in [-0.25, -0.2) is 13.1 Å². The third-order valence-corrected chi connectivity index (χ3v) is 7.04. The van der Waals surface area contributed by atoms with Crippen molar-refractivity contribution in [2.75, 3.05) is 13.1 Å². The van der Waals surface area contributed by atoms with E-state index in [2.05, 4.69) is 15.8 Å². The summed E-state index contributed by atoms with van der Waals surface area (Å²) in [6, 6.07) is 16.3. The minimum Gasteiger partial charge on any atom is -0.361 e. The number of carbonyl (C=O) groups is 1. The summed E-state index contributed by atoms with van der Waals surface area (Å²) in [5.74, 6) is 0.125. The monoisotopic (exact) mass is 411 g/mol. The number of benzene rings is 2. The van der Waals surface area contributed by atoms with Crippen LogP contribution >= 0.6 is 0 Å². The minimum atomic E-state index is -3.52. The molecule has 0 bridgehead atoms. The van der Waals surface area contributed by atoms with Crippen molar-refractivity contribution in [3.8, 4) is 0 Å². The number of likely N-dealkylation sites (tertiary alicyclic amines) is 1. The van der Waals surface area contributed by atoms with Crippen molar-refractivity contribution in [3.63, 3.8) is 0 Å². The second kappa shape index (κ2) is 8.39. The second-order valence-corrected chi connectivity index (χ2v) is 9.16. The number of aromatic amines is 1. The molecule has 2 heterocycles. The topological polar surface area (TPSA) is 82.3 Å². The number of fused-ring (bicyclic) bond motifs is 1. The quantitative estimate of drug-likeness (QED) is 0.654. The highest BCUT2D eigenvalue weighted by Gasteiger charge is 2.26. The number of sulfonamides is 1. The van der Waals surface area contributed by atoms with Crippen molar-refractivity contribution in [1.29, 1.82) is 0 Å². The summed E-state index contributed by atoms with van der Waals surface area (Å²) in [4.78, 5) is 18.0. The lowest BCUT2D eigenvalue weighted by Crippen LogP contribution is -2.46. The first kappa shape index (κ1) is 19.7. The molecule has 4 rings (SSSR count). The highest BCUT2D eigenvalue weighted by molar-refractivity contribution is 7.89. The average Bonchev–Trinajstić information content (AvgIpc) is 3.16. The SMILES string of the molecule is O=C(CCc1c[nH]c2ccccc12)N1CCC(NS(=O)(=O)c2ccccc2)CC1. The Bertz CT molecular complexity index is 1080. The summed E-state index contributed by atoms with van der Waals surface area (Å²) in [5.41, 5.74) is 2.24. The van der Waals surface area contributed by atoms with Gasteiger partial charge in [-0.15, -0.1) is 0 Å². The lowest BCUT2D eigenvalue weighted by molar-refractivity contribution is -0.132. The highest BCUT2D eigenvalue weighted by atomic mass is 32.2. The van der Waals surface area contributed by atoms with Gasteiger partial charge in [-0.3, -0.25) is 4.79 Å². The molecular weight excluding hydrogens is 386 g/mol. The minimum absolute atomic E-state index is 0.125. The van der Waals surface area contributed by atoms with Gasteiger partial charge in [-0.05, 0) is 43.0 Å². The van der Waals surface area contributed by atoms with Crippen LogP contribution in [-0.2, 0) is 21.2 Å². The molecule has 1 fully saturated rings. The first-order valence-electron chi connectivity index (χ1n) is 9.93. The maximum atomic E-state index is 12.6. The number of aryl methyl sites for hydroxylation is 1. The number of nitrogens with zero attached hydrogens (tertiary/aromatic N) is 1. The summed E-state index contributed by atoms with van der Waals surface area (Å²) in [6.45, 7) is 1.16. The van der Waals surface area contributed by atoms with Crippen molar-refractivity contribution >= 4 is 26.8 Å². The molecule has 152 valence electrons. The molecule has 29 heavy (non-hydrogen) atoms. The molecular formula is C22H25N3O3S. The summed E-state index contributed by atoms with van der Waals surface area (Å²) < 4.78 is 27.7. The van der Waals surface area contributed by atoms with Crippen molar-refractivity contribution in [3.05, 3.63) is 66.4 Å². The van der Waals surface area contributed by atoms with Crippen molar-refractivity contribution in [2.45, 2.75) is 36.6 Å². The van der Waals surface area contributed by atoms with Crippen LogP contribution in [0.1, 0.15) is 24.8 Å². The van der Waals surface area contributed by atoms with Gasteiger partial charge in [0.2, 0.25) is 15.9 Å². The van der Waals surface area contributed by atoms with Crippen LogP contribution in [0.3, 0.4) is 0 Å². The maximum Gasteiger partial charge on any atom is 0.240 e. The van der Waals surface area contributed by atoms with E-state index < -0.39 is 10.0 Å². The van der Waals surface area contributed by atoms with Gasteiger partial charge < -0.3 is 9.88 Å². The van der Waals surface area contributed by atoms with E-state index in [4.69, 9.17) is 0 Å². The molecule has 6 nitrogen and oxygen atoms in total. The molecule has 0 spiro atoms. The first-order valence-corrected chi connectivity index (χ1v) is 11.4. The number of rotatable bonds is 6. The average molecular weight is 412 g/mol. The molecule has 2 N–H and O–H groups in total. The molecule has 2 aromatic carbocycles. The molecule has 0 atom stereocenters. The number of hydrogen-bond acceptors (Lipinski definition) is 3. The Kier molecular flexibility index (Phi) is 5.69.